The number of benzene rings is 1. The first kappa shape index (κ1) is 24.4. The number of halogens is 1. The molecule has 4 aromatic rings. The maximum atomic E-state index is 13.0. The summed E-state index contributed by atoms with van der Waals surface area (Å²) in [6, 6.07) is 9.45. The van der Waals surface area contributed by atoms with Gasteiger partial charge in [0.2, 0.25) is 0 Å². The molecule has 3 aromatic heterocycles. The number of rotatable bonds is 7. The number of nitrogens with one attached hydrogen (secondary N) is 4. The van der Waals surface area contributed by atoms with Crippen molar-refractivity contribution in [1.82, 2.24) is 19.3 Å². The van der Waals surface area contributed by atoms with E-state index in [1.807, 2.05) is 11.6 Å². The third-order valence-electron chi connectivity index (χ3n) is 4.75. The van der Waals surface area contributed by atoms with Crippen LogP contribution < -0.4 is 26.6 Å². The van der Waals surface area contributed by atoms with E-state index in [1.165, 1.54) is 30.5 Å². The molecular formula is C21H19ClN6O5S2. The van der Waals surface area contributed by atoms with Crippen LogP contribution in [0.2, 0.25) is 4.34 Å². The molecule has 11 nitrogen and oxygen atoms in total. The highest BCUT2D eigenvalue weighted by Crippen LogP contribution is 2.25. The average Bonchev–Trinajstić information content (AvgIpc) is 3.25. The lowest BCUT2D eigenvalue weighted by Crippen LogP contribution is -2.35. The van der Waals surface area contributed by atoms with Crippen molar-refractivity contribution in [3.8, 4) is 5.82 Å². The van der Waals surface area contributed by atoms with Crippen LogP contribution in [0.4, 0.5) is 16.2 Å². The second kappa shape index (κ2) is 9.90. The van der Waals surface area contributed by atoms with Crippen molar-refractivity contribution in [2.75, 3.05) is 17.2 Å². The lowest BCUT2D eigenvalue weighted by molar-refractivity contribution is 0.256. The number of anilines is 2. The number of pyridine rings is 1. The molecule has 0 radical (unpaired) electrons. The number of amides is 2. The van der Waals surface area contributed by atoms with Gasteiger partial charge in [0.1, 0.15) is 10.0 Å². The summed E-state index contributed by atoms with van der Waals surface area (Å²) in [5, 5.41) is 5.83. The molecule has 0 aliphatic rings. The zero-order chi connectivity index (χ0) is 25.2. The molecule has 3 heterocycles. The molecule has 35 heavy (non-hydrogen) atoms. The molecule has 4 rings (SSSR count). The maximum absolute atomic E-state index is 13.0. The Morgan fingerprint density at radius 2 is 1.91 bits per heavy atom. The van der Waals surface area contributed by atoms with Gasteiger partial charge in [-0.3, -0.25) is 4.79 Å². The Kier molecular flexibility index (Phi) is 6.91. The Morgan fingerprint density at radius 3 is 2.57 bits per heavy atom. The van der Waals surface area contributed by atoms with Gasteiger partial charge in [-0.2, -0.15) is 0 Å². The van der Waals surface area contributed by atoms with Crippen LogP contribution in [0.25, 0.3) is 16.7 Å². The minimum atomic E-state index is -4.09. The molecule has 0 spiro atoms. The van der Waals surface area contributed by atoms with Crippen molar-refractivity contribution >= 4 is 61.3 Å². The highest BCUT2D eigenvalue weighted by Gasteiger charge is 2.20. The Morgan fingerprint density at radius 1 is 1.14 bits per heavy atom. The first-order valence-corrected chi connectivity index (χ1v) is 12.9. The number of hydrogen-bond donors (Lipinski definition) is 4. The molecular weight excluding hydrogens is 516 g/mol. The van der Waals surface area contributed by atoms with Crippen LogP contribution in [0, 0.1) is 0 Å². The SMILES string of the molecule is CCCNc1ccc2c(=O)n(-c3ccc(NC(=O)NS(=O)(=O)c4ccc(Cl)s4)cn3)c(=O)[nH]c2c1. The monoisotopic (exact) mass is 534 g/mol. The van der Waals surface area contributed by atoms with E-state index in [0.29, 0.717) is 10.9 Å². The van der Waals surface area contributed by atoms with Gasteiger partial charge in [-0.1, -0.05) is 18.5 Å². The molecule has 2 amide bonds. The number of urea groups is 1. The number of carbonyl (C=O) groups is 1. The molecule has 0 aliphatic heterocycles. The molecule has 0 unspecified atom stereocenters. The molecule has 0 aliphatic carbocycles. The number of hydrogen-bond acceptors (Lipinski definition) is 8. The molecule has 1 aromatic carbocycles. The van der Waals surface area contributed by atoms with Crippen molar-refractivity contribution in [3.05, 3.63) is 73.8 Å². The molecule has 4 N–H and O–H groups in total. The highest BCUT2D eigenvalue weighted by molar-refractivity contribution is 7.92. The summed E-state index contributed by atoms with van der Waals surface area (Å²) in [6.45, 7) is 2.78. The van der Waals surface area contributed by atoms with Gasteiger partial charge in [-0.05, 0) is 48.9 Å². The number of fused-ring (bicyclic) bond motifs is 1. The molecule has 182 valence electrons. The number of aromatic amines is 1. The fraction of sp³-hybridized carbons (Fsp3) is 0.143. The number of carbonyl (C=O) groups excluding carboxylic acids is 1. The smallest absolute Gasteiger partial charge is 0.334 e. The van der Waals surface area contributed by atoms with Crippen molar-refractivity contribution < 1.29 is 13.2 Å². The van der Waals surface area contributed by atoms with Crippen molar-refractivity contribution in [2.45, 2.75) is 17.6 Å². The Labute approximate surface area is 207 Å². The van der Waals surface area contributed by atoms with Crippen molar-refractivity contribution in [3.63, 3.8) is 0 Å². The number of aromatic nitrogens is 3. The van der Waals surface area contributed by atoms with E-state index in [1.54, 1.807) is 18.2 Å². The highest BCUT2D eigenvalue weighted by atomic mass is 35.5. The van der Waals surface area contributed by atoms with E-state index < -0.39 is 27.3 Å². The molecule has 0 fully saturated rings. The maximum Gasteiger partial charge on any atom is 0.334 e. The summed E-state index contributed by atoms with van der Waals surface area (Å²) in [5.74, 6) is 0.0261. The summed E-state index contributed by atoms with van der Waals surface area (Å²) >= 11 is 6.55. The van der Waals surface area contributed by atoms with Crippen LogP contribution in [0.15, 0.2) is 62.5 Å². The van der Waals surface area contributed by atoms with Crippen molar-refractivity contribution in [1.29, 1.82) is 0 Å². The summed E-state index contributed by atoms with van der Waals surface area (Å²) in [4.78, 5) is 44.5. The van der Waals surface area contributed by atoms with Crippen LogP contribution in [0.5, 0.6) is 0 Å². The minimum absolute atomic E-state index is 0.0261. The van der Waals surface area contributed by atoms with Gasteiger partial charge in [-0.25, -0.2) is 32.3 Å². The number of H-pyrrole nitrogens is 1. The van der Waals surface area contributed by atoms with Crippen LogP contribution in [-0.2, 0) is 10.0 Å². The van der Waals surface area contributed by atoms with E-state index >= 15 is 0 Å². The first-order valence-electron chi connectivity index (χ1n) is 10.3. The lowest BCUT2D eigenvalue weighted by Gasteiger charge is -2.10. The molecule has 14 heteroatoms. The zero-order valence-electron chi connectivity index (χ0n) is 18.2. The summed E-state index contributed by atoms with van der Waals surface area (Å²) in [7, 11) is -4.09. The fourth-order valence-corrected chi connectivity index (χ4v) is 5.56. The Hall–Kier alpha value is -3.68. The van der Waals surface area contributed by atoms with Gasteiger partial charge in [0.05, 0.1) is 27.1 Å². The van der Waals surface area contributed by atoms with E-state index in [2.05, 4.69) is 20.6 Å². The lowest BCUT2D eigenvalue weighted by atomic mass is 10.2. The Balaban J connectivity index is 1.54. The second-order valence-corrected chi connectivity index (χ2v) is 10.9. The normalized spacial score (nSPS) is 11.4. The predicted molar refractivity (Wildman–Crippen MR) is 135 cm³/mol. The summed E-state index contributed by atoms with van der Waals surface area (Å²) in [6.07, 6.45) is 2.12. The van der Waals surface area contributed by atoms with Gasteiger partial charge in [0.15, 0.2) is 0 Å². The predicted octanol–water partition coefficient (Wildman–Crippen LogP) is 3.12. The molecule has 0 atom stereocenters. The zero-order valence-corrected chi connectivity index (χ0v) is 20.6. The number of sulfonamides is 1. The second-order valence-electron chi connectivity index (χ2n) is 7.28. The van der Waals surface area contributed by atoms with E-state index in [-0.39, 0.29) is 20.1 Å². The average molecular weight is 535 g/mol. The Bertz CT molecular complexity index is 1630. The van der Waals surface area contributed by atoms with Crippen molar-refractivity contribution in [2.24, 2.45) is 0 Å². The topological polar surface area (TPSA) is 155 Å². The van der Waals surface area contributed by atoms with Gasteiger partial charge >= 0.3 is 11.7 Å². The summed E-state index contributed by atoms with van der Waals surface area (Å²) in [5.41, 5.74) is 0.0746. The van der Waals surface area contributed by atoms with Gasteiger partial charge in [0, 0.05) is 12.2 Å². The quantitative estimate of drug-likeness (QED) is 0.284. The third kappa shape index (κ3) is 5.37. The van der Waals surface area contributed by atoms with Crippen LogP contribution in [0.3, 0.4) is 0 Å². The third-order valence-corrected chi connectivity index (χ3v) is 7.81. The number of nitrogens with zero attached hydrogens (tertiary/aromatic N) is 2. The van der Waals surface area contributed by atoms with Crippen LogP contribution in [0.1, 0.15) is 13.3 Å². The fourth-order valence-electron chi connectivity index (χ4n) is 3.17. The standard InChI is InChI=1S/C21H19ClN6O5S2/c1-2-9-23-12-3-5-14-15(10-12)26-21(31)28(19(14)29)17-7-4-13(11-24-17)25-20(30)27-35(32,33)18-8-6-16(22)34-18/h3-8,10-11,23H,2,9H2,1H3,(H,26,31)(H2,25,27,30). The number of thiophene rings is 1. The van der Waals surface area contributed by atoms with Crippen LogP contribution >= 0.6 is 22.9 Å². The van der Waals surface area contributed by atoms with Gasteiger partial charge in [0.25, 0.3) is 15.6 Å². The molecule has 0 saturated carbocycles. The molecule has 0 saturated heterocycles. The van der Waals surface area contributed by atoms with Gasteiger partial charge < -0.3 is 15.6 Å². The van der Waals surface area contributed by atoms with E-state index in [9.17, 15) is 22.8 Å². The summed E-state index contributed by atoms with van der Waals surface area (Å²) < 4.78 is 27.3. The van der Waals surface area contributed by atoms with E-state index in [0.717, 1.165) is 34.6 Å². The largest absolute Gasteiger partial charge is 0.385 e. The van der Waals surface area contributed by atoms with Gasteiger partial charge in [-0.15, -0.1) is 11.3 Å². The first-order chi connectivity index (χ1) is 16.7. The van der Waals surface area contributed by atoms with Crippen LogP contribution in [-0.4, -0.2) is 35.5 Å². The van der Waals surface area contributed by atoms with E-state index in [4.69, 9.17) is 11.6 Å². The minimum Gasteiger partial charge on any atom is -0.385 e. The molecule has 0 bridgehead atoms.